The Bertz CT molecular complexity index is 1030. The normalized spacial score (nSPS) is 20.3. The molecule has 1 amide bonds. The third kappa shape index (κ3) is 4.43. The van der Waals surface area contributed by atoms with Gasteiger partial charge in [0.2, 0.25) is 0 Å². The number of primary amides is 1. The van der Waals surface area contributed by atoms with Gasteiger partial charge in [0.1, 0.15) is 35.3 Å². The van der Waals surface area contributed by atoms with Gasteiger partial charge in [-0.1, -0.05) is 12.1 Å². The van der Waals surface area contributed by atoms with E-state index in [1.807, 2.05) is 0 Å². The fourth-order valence-corrected chi connectivity index (χ4v) is 3.45. The molecule has 2 fully saturated rings. The molecule has 1 aromatic carbocycles. The van der Waals surface area contributed by atoms with Crippen LogP contribution in [-0.2, 0) is 20.4 Å². The van der Waals surface area contributed by atoms with E-state index < -0.39 is 34.5 Å². The van der Waals surface area contributed by atoms with Crippen molar-refractivity contribution in [2.75, 3.05) is 33.0 Å². The molecule has 2 aliphatic rings. The van der Waals surface area contributed by atoms with Crippen LogP contribution >= 0.6 is 0 Å². The van der Waals surface area contributed by atoms with E-state index in [1.165, 1.54) is 24.3 Å². The maximum Gasteiger partial charge on any atom is 0.431 e. The van der Waals surface area contributed by atoms with Crippen LogP contribution in [0.4, 0.5) is 13.2 Å². The first kappa shape index (κ1) is 21.3. The van der Waals surface area contributed by atoms with Crippen molar-refractivity contribution in [2.24, 2.45) is 5.73 Å². The summed E-state index contributed by atoms with van der Waals surface area (Å²) in [7, 11) is 0. The maximum atomic E-state index is 13.4. The van der Waals surface area contributed by atoms with E-state index in [2.05, 4.69) is 0 Å². The molecule has 1 aromatic heterocycles. The number of amides is 1. The van der Waals surface area contributed by atoms with Crippen LogP contribution in [0.25, 0.3) is 11.1 Å². The van der Waals surface area contributed by atoms with Gasteiger partial charge in [-0.05, 0) is 23.8 Å². The number of alkyl halides is 3. The van der Waals surface area contributed by atoms with Gasteiger partial charge in [-0.2, -0.15) is 13.2 Å². The SMILES string of the molecule is NC(=O)c1cc(-c2ccc(OC[C@@H]3COCC4(COC4)O3)cc2)c(C(F)(F)F)[nH]c1=O. The van der Waals surface area contributed by atoms with Crippen molar-refractivity contribution < 1.29 is 36.9 Å². The Kier molecular flexibility index (Phi) is 5.50. The van der Waals surface area contributed by atoms with Crippen LogP contribution in [0.1, 0.15) is 16.1 Å². The molecule has 0 bridgehead atoms. The van der Waals surface area contributed by atoms with E-state index in [0.29, 0.717) is 32.2 Å². The Morgan fingerprint density at radius 2 is 1.87 bits per heavy atom. The van der Waals surface area contributed by atoms with Crippen LogP contribution in [0.3, 0.4) is 0 Å². The lowest BCUT2D eigenvalue weighted by Gasteiger charge is -2.46. The van der Waals surface area contributed by atoms with Crippen molar-refractivity contribution in [3.05, 3.63) is 51.9 Å². The molecule has 2 saturated heterocycles. The highest BCUT2D eigenvalue weighted by molar-refractivity contribution is 5.94. The first-order chi connectivity index (χ1) is 14.7. The van der Waals surface area contributed by atoms with Gasteiger partial charge < -0.3 is 29.7 Å². The average Bonchev–Trinajstić information content (AvgIpc) is 2.70. The van der Waals surface area contributed by atoms with Crippen LogP contribution in [0.15, 0.2) is 35.1 Å². The predicted octanol–water partition coefficient (Wildman–Crippen LogP) is 1.72. The number of hydrogen-bond donors (Lipinski definition) is 2. The summed E-state index contributed by atoms with van der Waals surface area (Å²) in [6, 6.07) is 6.59. The van der Waals surface area contributed by atoms with Crippen LogP contribution in [-0.4, -0.2) is 55.6 Å². The lowest BCUT2D eigenvalue weighted by Crippen LogP contribution is -2.61. The van der Waals surface area contributed by atoms with Gasteiger partial charge in [0.25, 0.3) is 11.5 Å². The molecule has 1 atom stereocenters. The molecule has 0 radical (unpaired) electrons. The van der Waals surface area contributed by atoms with Crippen LogP contribution in [0.5, 0.6) is 5.75 Å². The van der Waals surface area contributed by atoms with E-state index in [9.17, 15) is 22.8 Å². The second-order valence-electron chi connectivity index (χ2n) is 7.43. The van der Waals surface area contributed by atoms with Gasteiger partial charge in [-0.3, -0.25) is 9.59 Å². The summed E-state index contributed by atoms with van der Waals surface area (Å²) >= 11 is 0. The fraction of sp³-hybridized carbons (Fsp3) is 0.400. The number of rotatable bonds is 5. The number of pyridine rings is 1. The number of hydrogen-bond acceptors (Lipinski definition) is 6. The lowest BCUT2D eigenvalue weighted by molar-refractivity contribution is -0.290. The minimum Gasteiger partial charge on any atom is -0.491 e. The Balaban J connectivity index is 1.52. The monoisotopic (exact) mass is 440 g/mol. The van der Waals surface area contributed by atoms with Gasteiger partial charge in [0.15, 0.2) is 0 Å². The number of nitrogens with two attached hydrogens (primary N) is 1. The van der Waals surface area contributed by atoms with Gasteiger partial charge in [0.05, 0.1) is 26.4 Å². The Morgan fingerprint density at radius 1 is 1.19 bits per heavy atom. The first-order valence-electron chi connectivity index (χ1n) is 9.38. The summed E-state index contributed by atoms with van der Waals surface area (Å²) in [4.78, 5) is 24.9. The summed E-state index contributed by atoms with van der Waals surface area (Å²) in [6.07, 6.45) is -5.13. The summed E-state index contributed by atoms with van der Waals surface area (Å²) in [6.45, 7) is 1.95. The smallest absolute Gasteiger partial charge is 0.431 e. The number of carbonyl (C=O) groups is 1. The van der Waals surface area contributed by atoms with Gasteiger partial charge in [0, 0.05) is 5.56 Å². The molecule has 2 aromatic rings. The molecule has 31 heavy (non-hydrogen) atoms. The lowest BCUT2D eigenvalue weighted by atomic mass is 10.0. The standard InChI is InChI=1S/C20H19F3N2O6/c21-20(22,23)16-14(5-15(17(24)26)18(27)25-16)11-1-3-12(4-2-11)30-7-13-6-28-8-19(31-13)9-29-10-19/h1-5,13H,6-10H2,(H2,24,26)(H,25,27)/t13-/m0/s1. The first-order valence-corrected chi connectivity index (χ1v) is 9.38. The average molecular weight is 440 g/mol. The number of benzene rings is 1. The second-order valence-corrected chi connectivity index (χ2v) is 7.43. The predicted molar refractivity (Wildman–Crippen MR) is 101 cm³/mol. The number of ether oxygens (including phenoxy) is 4. The second kappa shape index (κ2) is 7.98. The van der Waals surface area contributed by atoms with Crippen molar-refractivity contribution in [2.45, 2.75) is 17.9 Å². The number of aromatic nitrogens is 1. The van der Waals surface area contributed by atoms with Crippen molar-refractivity contribution in [1.29, 1.82) is 0 Å². The Morgan fingerprint density at radius 3 is 2.45 bits per heavy atom. The highest BCUT2D eigenvalue weighted by Crippen LogP contribution is 2.36. The van der Waals surface area contributed by atoms with Crippen LogP contribution < -0.4 is 16.0 Å². The summed E-state index contributed by atoms with van der Waals surface area (Å²) < 4.78 is 62.5. The molecule has 8 nitrogen and oxygen atoms in total. The molecule has 4 rings (SSSR count). The summed E-state index contributed by atoms with van der Waals surface area (Å²) in [5, 5.41) is 0. The quantitative estimate of drug-likeness (QED) is 0.732. The highest BCUT2D eigenvalue weighted by atomic mass is 19.4. The number of halogens is 3. The largest absolute Gasteiger partial charge is 0.491 e. The zero-order valence-electron chi connectivity index (χ0n) is 16.2. The van der Waals surface area contributed by atoms with Crippen molar-refractivity contribution >= 4 is 5.91 Å². The number of H-pyrrole nitrogens is 1. The molecule has 3 N–H and O–H groups in total. The topological polar surface area (TPSA) is 113 Å². The van der Waals surface area contributed by atoms with Crippen LogP contribution in [0.2, 0.25) is 0 Å². The Labute approximate surface area is 174 Å². The number of nitrogens with one attached hydrogen (secondary N) is 1. The minimum atomic E-state index is -4.83. The van der Waals surface area contributed by atoms with Gasteiger partial charge in [-0.15, -0.1) is 0 Å². The molecular weight excluding hydrogens is 421 g/mol. The number of carbonyl (C=O) groups excluding carboxylic acids is 1. The molecule has 0 saturated carbocycles. The highest BCUT2D eigenvalue weighted by Gasteiger charge is 2.45. The third-order valence-electron chi connectivity index (χ3n) is 5.01. The van der Waals surface area contributed by atoms with E-state index in [4.69, 9.17) is 24.7 Å². The van der Waals surface area contributed by atoms with E-state index in [1.54, 1.807) is 4.98 Å². The van der Waals surface area contributed by atoms with Gasteiger partial charge in [-0.25, -0.2) is 0 Å². The zero-order chi connectivity index (χ0) is 22.2. The van der Waals surface area contributed by atoms with E-state index in [-0.39, 0.29) is 23.8 Å². The number of aromatic amines is 1. The zero-order valence-corrected chi connectivity index (χ0v) is 16.2. The Hall–Kier alpha value is -2.89. The van der Waals surface area contributed by atoms with Crippen LogP contribution in [0, 0.1) is 0 Å². The van der Waals surface area contributed by atoms with Gasteiger partial charge >= 0.3 is 6.18 Å². The third-order valence-corrected chi connectivity index (χ3v) is 5.01. The van der Waals surface area contributed by atoms with E-state index in [0.717, 1.165) is 6.07 Å². The molecule has 0 unspecified atom stereocenters. The summed E-state index contributed by atoms with van der Waals surface area (Å²) in [5.74, 6) is -0.717. The summed E-state index contributed by atoms with van der Waals surface area (Å²) in [5.41, 5.74) is 1.40. The molecule has 11 heteroatoms. The molecule has 2 aliphatic heterocycles. The molecule has 3 heterocycles. The molecular formula is C20H19F3N2O6. The maximum absolute atomic E-state index is 13.4. The van der Waals surface area contributed by atoms with E-state index >= 15 is 0 Å². The van der Waals surface area contributed by atoms with Crippen molar-refractivity contribution in [3.63, 3.8) is 0 Å². The molecule has 1 spiro atoms. The van der Waals surface area contributed by atoms with Crippen molar-refractivity contribution in [1.82, 2.24) is 4.98 Å². The molecule has 166 valence electrons. The molecule has 0 aliphatic carbocycles. The fourth-order valence-electron chi connectivity index (χ4n) is 3.45. The van der Waals surface area contributed by atoms with Crippen molar-refractivity contribution in [3.8, 4) is 16.9 Å². The minimum absolute atomic E-state index is 0.126.